The van der Waals surface area contributed by atoms with Gasteiger partial charge in [0.25, 0.3) is 10.0 Å². The molecule has 0 aliphatic rings. The van der Waals surface area contributed by atoms with Crippen molar-refractivity contribution in [2.45, 2.75) is 38.3 Å². The highest BCUT2D eigenvalue weighted by Gasteiger charge is 2.30. The lowest BCUT2D eigenvalue weighted by Crippen LogP contribution is -2.41. The van der Waals surface area contributed by atoms with Crippen molar-refractivity contribution in [2.75, 3.05) is 7.11 Å². The Morgan fingerprint density at radius 1 is 1.41 bits per heavy atom. The lowest BCUT2D eigenvalue weighted by atomic mass is 10.1. The first kappa shape index (κ1) is 18.2. The Kier molecular flexibility index (Phi) is 5.72. The van der Waals surface area contributed by atoms with Crippen molar-refractivity contribution in [3.8, 4) is 0 Å². The van der Waals surface area contributed by atoms with E-state index in [1.54, 1.807) is 13.8 Å². The normalized spacial score (nSPS) is 13.1. The van der Waals surface area contributed by atoms with Crippen LogP contribution in [0.3, 0.4) is 0 Å². The molecule has 0 aliphatic heterocycles. The molecule has 0 radical (unpaired) electrons. The second-order valence-electron chi connectivity index (χ2n) is 5.17. The van der Waals surface area contributed by atoms with Crippen LogP contribution in [0.1, 0.15) is 36.4 Å². The van der Waals surface area contributed by atoms with Crippen LogP contribution in [-0.2, 0) is 19.6 Å². The van der Waals surface area contributed by atoms with Crippen LogP contribution in [0.5, 0.6) is 0 Å². The van der Waals surface area contributed by atoms with Crippen LogP contribution in [0.25, 0.3) is 0 Å². The van der Waals surface area contributed by atoms with Gasteiger partial charge in [-0.05, 0) is 19.3 Å². The van der Waals surface area contributed by atoms with Crippen LogP contribution in [-0.4, -0.2) is 38.6 Å². The van der Waals surface area contributed by atoms with Gasteiger partial charge < -0.3 is 14.3 Å². The largest absolute Gasteiger partial charge is 0.480 e. The highest BCUT2D eigenvalue weighted by molar-refractivity contribution is 7.89. The number of furan rings is 1. The van der Waals surface area contributed by atoms with Crippen molar-refractivity contribution in [2.24, 2.45) is 5.92 Å². The molecule has 1 rings (SSSR count). The summed E-state index contributed by atoms with van der Waals surface area (Å²) in [7, 11) is -3.04. The quantitative estimate of drug-likeness (QED) is 0.717. The summed E-state index contributed by atoms with van der Waals surface area (Å²) in [4.78, 5) is 22.6. The highest BCUT2D eigenvalue weighted by Crippen LogP contribution is 2.20. The van der Waals surface area contributed by atoms with E-state index in [4.69, 9.17) is 9.52 Å². The minimum absolute atomic E-state index is 0.0206. The molecule has 0 fully saturated rings. The van der Waals surface area contributed by atoms with Crippen LogP contribution >= 0.6 is 0 Å². The molecule has 2 N–H and O–H groups in total. The molecular weight excluding hydrogens is 314 g/mol. The zero-order valence-electron chi connectivity index (χ0n) is 12.7. The lowest BCUT2D eigenvalue weighted by molar-refractivity contribution is -0.139. The number of carboxylic acids is 1. The molecule has 1 aromatic heterocycles. The molecule has 22 heavy (non-hydrogen) atoms. The van der Waals surface area contributed by atoms with Gasteiger partial charge in [0.15, 0.2) is 0 Å². The summed E-state index contributed by atoms with van der Waals surface area (Å²) in [5.41, 5.74) is -0.0291. The Labute approximate surface area is 128 Å². The number of aryl methyl sites for hydroxylation is 1. The standard InChI is InChI=1S/C13H19NO7S/c1-7(2)5-10(12(15)16)14-22(18,19)11-6-9(8(3)21-11)13(17)20-4/h6-7,10,14H,5H2,1-4H3,(H,15,16)/t10-/m0/s1. The molecule has 0 unspecified atom stereocenters. The number of hydrogen-bond acceptors (Lipinski definition) is 6. The first-order valence-electron chi connectivity index (χ1n) is 6.52. The van der Waals surface area contributed by atoms with Gasteiger partial charge in [-0.1, -0.05) is 13.8 Å². The number of aliphatic carboxylic acids is 1. The van der Waals surface area contributed by atoms with Gasteiger partial charge in [-0.3, -0.25) is 4.79 Å². The average molecular weight is 333 g/mol. The summed E-state index contributed by atoms with van der Waals surface area (Å²) in [5.74, 6) is -1.97. The molecule has 1 atom stereocenters. The van der Waals surface area contributed by atoms with Gasteiger partial charge in [-0.25, -0.2) is 13.2 Å². The smallest absolute Gasteiger partial charge is 0.341 e. The fraction of sp³-hybridized carbons (Fsp3) is 0.538. The molecule has 1 heterocycles. The van der Waals surface area contributed by atoms with Gasteiger partial charge in [-0.2, -0.15) is 4.72 Å². The number of ether oxygens (including phenoxy) is 1. The van der Waals surface area contributed by atoms with Crippen molar-refractivity contribution in [1.82, 2.24) is 4.72 Å². The van der Waals surface area contributed by atoms with Crippen molar-refractivity contribution in [3.05, 3.63) is 17.4 Å². The molecule has 1 aromatic rings. The molecule has 0 aliphatic carbocycles. The number of sulfonamides is 1. The van der Waals surface area contributed by atoms with E-state index >= 15 is 0 Å². The fourth-order valence-corrected chi connectivity index (χ4v) is 3.01. The molecule has 9 heteroatoms. The predicted octanol–water partition coefficient (Wildman–Crippen LogP) is 1.15. The van der Waals surface area contributed by atoms with Crippen LogP contribution in [0, 0.1) is 12.8 Å². The van der Waals surface area contributed by atoms with E-state index in [2.05, 4.69) is 9.46 Å². The maximum atomic E-state index is 12.2. The Balaban J connectivity index is 3.08. The van der Waals surface area contributed by atoms with Crippen molar-refractivity contribution >= 4 is 22.0 Å². The molecule has 0 bridgehead atoms. The van der Waals surface area contributed by atoms with E-state index in [0.29, 0.717) is 0 Å². The molecule has 0 saturated carbocycles. The monoisotopic (exact) mass is 333 g/mol. The summed E-state index contributed by atoms with van der Waals surface area (Å²) < 4.78 is 36.0. The van der Waals surface area contributed by atoms with E-state index < -0.39 is 33.1 Å². The summed E-state index contributed by atoms with van der Waals surface area (Å²) in [6.45, 7) is 4.96. The minimum Gasteiger partial charge on any atom is -0.480 e. The summed E-state index contributed by atoms with van der Waals surface area (Å²) in [6.07, 6.45) is 0.123. The highest BCUT2D eigenvalue weighted by atomic mass is 32.2. The van der Waals surface area contributed by atoms with Gasteiger partial charge in [-0.15, -0.1) is 0 Å². The van der Waals surface area contributed by atoms with Gasteiger partial charge in [0, 0.05) is 6.07 Å². The molecule has 124 valence electrons. The summed E-state index contributed by atoms with van der Waals surface area (Å²) >= 11 is 0. The first-order chi connectivity index (χ1) is 10.1. The SMILES string of the molecule is COC(=O)c1cc(S(=O)(=O)N[C@@H](CC(C)C)C(=O)O)oc1C. The number of nitrogens with one attached hydrogen (secondary N) is 1. The molecule has 8 nitrogen and oxygen atoms in total. The van der Waals surface area contributed by atoms with Gasteiger partial charge in [0.2, 0.25) is 5.09 Å². The van der Waals surface area contributed by atoms with Crippen LogP contribution in [0.4, 0.5) is 0 Å². The number of carbonyl (C=O) groups is 2. The number of methoxy groups -OCH3 is 1. The van der Waals surface area contributed by atoms with E-state index in [-0.39, 0.29) is 23.7 Å². The second-order valence-corrected chi connectivity index (χ2v) is 6.81. The predicted molar refractivity (Wildman–Crippen MR) is 76.0 cm³/mol. The maximum absolute atomic E-state index is 12.2. The Hall–Kier alpha value is -1.87. The Morgan fingerprint density at radius 2 is 2.00 bits per heavy atom. The van der Waals surface area contributed by atoms with Crippen molar-refractivity contribution in [1.29, 1.82) is 0 Å². The molecular formula is C13H19NO7S. The zero-order chi connectivity index (χ0) is 17.1. The lowest BCUT2D eigenvalue weighted by Gasteiger charge is -2.15. The number of hydrogen-bond donors (Lipinski definition) is 2. The van der Waals surface area contributed by atoms with Gasteiger partial charge in [0.1, 0.15) is 17.4 Å². The fourth-order valence-electron chi connectivity index (χ4n) is 1.82. The third-order valence-electron chi connectivity index (χ3n) is 2.87. The third-order valence-corrected chi connectivity index (χ3v) is 4.19. The van der Waals surface area contributed by atoms with Crippen molar-refractivity contribution < 1.29 is 32.3 Å². The van der Waals surface area contributed by atoms with E-state index in [1.807, 2.05) is 0 Å². The molecule has 0 saturated heterocycles. The minimum atomic E-state index is -4.20. The zero-order valence-corrected chi connectivity index (χ0v) is 13.6. The van der Waals surface area contributed by atoms with Gasteiger partial charge >= 0.3 is 11.9 Å². The van der Waals surface area contributed by atoms with Crippen LogP contribution in [0.2, 0.25) is 0 Å². The topological polar surface area (TPSA) is 123 Å². The molecule has 0 spiro atoms. The Morgan fingerprint density at radius 3 is 2.45 bits per heavy atom. The van der Waals surface area contributed by atoms with E-state index in [1.165, 1.54) is 6.92 Å². The van der Waals surface area contributed by atoms with Crippen LogP contribution in [0.15, 0.2) is 15.6 Å². The maximum Gasteiger partial charge on any atom is 0.341 e. The molecule has 0 amide bonds. The average Bonchev–Trinajstić information content (AvgIpc) is 2.79. The summed E-state index contributed by atoms with van der Waals surface area (Å²) in [6, 6.07) is -0.269. The summed E-state index contributed by atoms with van der Waals surface area (Å²) in [5, 5.41) is 8.56. The first-order valence-corrected chi connectivity index (χ1v) is 8.00. The van der Waals surface area contributed by atoms with Crippen molar-refractivity contribution in [3.63, 3.8) is 0 Å². The number of carboxylic acid groups (broad SMARTS) is 1. The molecule has 0 aromatic carbocycles. The third kappa shape index (κ3) is 4.31. The number of esters is 1. The van der Waals surface area contributed by atoms with Gasteiger partial charge in [0.05, 0.1) is 7.11 Å². The number of carbonyl (C=O) groups excluding carboxylic acids is 1. The van der Waals surface area contributed by atoms with E-state index in [0.717, 1.165) is 13.2 Å². The second kappa shape index (κ2) is 6.93. The van der Waals surface area contributed by atoms with Crippen LogP contribution < -0.4 is 4.72 Å². The number of rotatable bonds is 7. The Bertz CT molecular complexity index is 660. The van der Waals surface area contributed by atoms with E-state index in [9.17, 15) is 18.0 Å².